The van der Waals surface area contributed by atoms with Gasteiger partial charge in [-0.05, 0) is 50.0 Å². The van der Waals surface area contributed by atoms with E-state index < -0.39 is 11.7 Å². The molecule has 2 heterocycles. The number of methoxy groups -OCH3 is 1. The van der Waals surface area contributed by atoms with E-state index >= 15 is 0 Å². The van der Waals surface area contributed by atoms with Gasteiger partial charge >= 0.3 is 6.18 Å². The zero-order valence-electron chi connectivity index (χ0n) is 20.4. The lowest BCUT2D eigenvalue weighted by Gasteiger charge is -2.38. The van der Waals surface area contributed by atoms with Crippen molar-refractivity contribution in [1.82, 2.24) is 10.2 Å². The lowest BCUT2D eigenvalue weighted by atomic mass is 9.77. The molecule has 0 aromatic carbocycles. The largest absolute Gasteiger partial charge is 0.422 e. The van der Waals surface area contributed by atoms with Crippen LogP contribution in [-0.4, -0.2) is 50.3 Å². The molecule has 190 valence electrons. The van der Waals surface area contributed by atoms with E-state index in [9.17, 15) is 18.0 Å². The fraction of sp³-hybridized carbons (Fsp3) is 0.760. The summed E-state index contributed by atoms with van der Waals surface area (Å²) in [6.07, 6.45) is 3.14. The van der Waals surface area contributed by atoms with E-state index in [1.54, 1.807) is 12.0 Å². The SMILES string of the molecule is COCC1CCCC(C)C1NC1CCC(C(=O)N2CCc3c(cc(C(F)(F)F)c[n+]3OC)C2)C1. The van der Waals surface area contributed by atoms with Crippen molar-refractivity contribution in [3.63, 3.8) is 0 Å². The molecule has 0 bridgehead atoms. The van der Waals surface area contributed by atoms with Crippen molar-refractivity contribution in [3.05, 3.63) is 29.1 Å². The molecule has 1 aliphatic heterocycles. The normalized spacial score (nSPS) is 29.7. The van der Waals surface area contributed by atoms with Crippen LogP contribution in [0.5, 0.6) is 0 Å². The summed E-state index contributed by atoms with van der Waals surface area (Å²) in [5.74, 6) is 1.05. The van der Waals surface area contributed by atoms with Crippen LogP contribution in [0.25, 0.3) is 0 Å². The third kappa shape index (κ3) is 5.35. The number of halogens is 3. The maximum Gasteiger partial charge on any atom is 0.422 e. The molecule has 2 fully saturated rings. The maximum absolute atomic E-state index is 13.4. The minimum atomic E-state index is -4.47. The summed E-state index contributed by atoms with van der Waals surface area (Å²) in [6, 6.07) is 1.85. The van der Waals surface area contributed by atoms with E-state index in [1.807, 2.05) is 0 Å². The van der Waals surface area contributed by atoms with Gasteiger partial charge < -0.3 is 15.0 Å². The van der Waals surface area contributed by atoms with Gasteiger partial charge in [0.2, 0.25) is 17.8 Å². The number of nitrogens with one attached hydrogen (secondary N) is 1. The fourth-order valence-electron chi connectivity index (χ4n) is 6.21. The van der Waals surface area contributed by atoms with Crippen molar-refractivity contribution in [3.8, 4) is 0 Å². The zero-order valence-corrected chi connectivity index (χ0v) is 20.4. The van der Waals surface area contributed by atoms with Crippen LogP contribution < -0.4 is 14.9 Å². The first kappa shape index (κ1) is 25.2. The molecule has 0 saturated heterocycles. The Morgan fingerprint density at radius 2 is 2.03 bits per heavy atom. The predicted molar refractivity (Wildman–Crippen MR) is 120 cm³/mol. The van der Waals surface area contributed by atoms with Crippen molar-refractivity contribution in [2.75, 3.05) is 27.4 Å². The van der Waals surface area contributed by atoms with Gasteiger partial charge in [-0.15, -0.1) is 0 Å². The summed E-state index contributed by atoms with van der Waals surface area (Å²) < 4.78 is 46.7. The number of carbonyl (C=O) groups is 1. The van der Waals surface area contributed by atoms with E-state index in [0.29, 0.717) is 48.1 Å². The molecule has 0 spiro atoms. The van der Waals surface area contributed by atoms with Gasteiger partial charge in [-0.25, -0.2) is 0 Å². The number of hydrogen-bond acceptors (Lipinski definition) is 4. The molecule has 3 aliphatic rings. The zero-order chi connectivity index (χ0) is 24.5. The molecule has 1 N–H and O–H groups in total. The number of fused-ring (bicyclic) bond motifs is 1. The van der Waals surface area contributed by atoms with Gasteiger partial charge in [0.05, 0.1) is 19.6 Å². The fourth-order valence-corrected chi connectivity index (χ4v) is 6.21. The first-order chi connectivity index (χ1) is 16.2. The molecule has 5 unspecified atom stereocenters. The van der Waals surface area contributed by atoms with Crippen LogP contribution in [-0.2, 0) is 28.7 Å². The van der Waals surface area contributed by atoms with Gasteiger partial charge in [0.15, 0.2) is 0 Å². The molecule has 9 heteroatoms. The third-order valence-electron chi connectivity index (χ3n) is 7.98. The standard InChI is InChI=1S/C25H37F3N3O3/c1-16-5-4-6-18(15-33-2)23(16)29-21-8-7-17(12-21)24(32)30-10-9-22-19(13-30)11-20(25(26,27)28)14-31(22)34-3/h11,14,16-18,21,23,29H,4-10,12-13,15H2,1-3H3/q+1. The Bertz CT molecular complexity index is 877. The van der Waals surface area contributed by atoms with Crippen LogP contribution in [0.4, 0.5) is 13.2 Å². The number of carbonyl (C=O) groups excluding carboxylic acids is 1. The third-order valence-corrected chi connectivity index (χ3v) is 7.98. The van der Waals surface area contributed by atoms with E-state index in [4.69, 9.17) is 9.57 Å². The topological polar surface area (TPSA) is 54.7 Å². The molecule has 1 aromatic rings. The van der Waals surface area contributed by atoms with E-state index in [0.717, 1.165) is 38.1 Å². The van der Waals surface area contributed by atoms with Gasteiger partial charge in [-0.2, -0.15) is 13.2 Å². The summed E-state index contributed by atoms with van der Waals surface area (Å²) in [6.45, 7) is 3.73. The highest BCUT2D eigenvalue weighted by Crippen LogP contribution is 2.35. The average Bonchev–Trinajstić information content (AvgIpc) is 3.28. The van der Waals surface area contributed by atoms with Crippen molar-refractivity contribution >= 4 is 5.91 Å². The molecular weight excluding hydrogens is 447 g/mol. The van der Waals surface area contributed by atoms with E-state index in [-0.39, 0.29) is 18.4 Å². The summed E-state index contributed by atoms with van der Waals surface area (Å²) >= 11 is 0. The molecular formula is C25H37F3N3O3+. The highest BCUT2D eigenvalue weighted by molar-refractivity contribution is 5.79. The molecule has 1 aromatic heterocycles. The van der Waals surface area contributed by atoms with Gasteiger partial charge in [0.1, 0.15) is 12.7 Å². The minimum absolute atomic E-state index is 0.0569. The molecule has 2 aliphatic carbocycles. The van der Waals surface area contributed by atoms with Crippen LogP contribution in [0, 0.1) is 17.8 Å². The summed E-state index contributed by atoms with van der Waals surface area (Å²) in [5.41, 5.74) is 0.433. The quantitative estimate of drug-likeness (QED) is 0.631. The smallest absolute Gasteiger partial charge is 0.384 e. The lowest BCUT2D eigenvalue weighted by molar-refractivity contribution is -0.891. The van der Waals surface area contributed by atoms with Gasteiger partial charge in [-0.1, -0.05) is 13.3 Å². The number of nitrogens with zero attached hydrogens (tertiary/aromatic N) is 2. The van der Waals surface area contributed by atoms with Crippen LogP contribution in [0.1, 0.15) is 62.3 Å². The highest BCUT2D eigenvalue weighted by atomic mass is 19.4. The predicted octanol–water partition coefficient (Wildman–Crippen LogP) is 3.15. The summed E-state index contributed by atoms with van der Waals surface area (Å²) in [5, 5.41) is 3.85. The summed E-state index contributed by atoms with van der Waals surface area (Å²) in [7, 11) is 3.11. The number of hydrogen-bond donors (Lipinski definition) is 1. The van der Waals surface area contributed by atoms with Crippen LogP contribution in [0.2, 0.25) is 0 Å². The second kappa shape index (κ2) is 10.4. The lowest BCUT2D eigenvalue weighted by Crippen LogP contribution is -2.51. The van der Waals surface area contributed by atoms with Crippen molar-refractivity contribution in [1.29, 1.82) is 0 Å². The molecule has 6 nitrogen and oxygen atoms in total. The molecule has 34 heavy (non-hydrogen) atoms. The Hall–Kier alpha value is -1.87. The number of aromatic nitrogens is 1. The number of rotatable bonds is 6. The monoisotopic (exact) mass is 484 g/mol. The molecule has 1 amide bonds. The number of alkyl halides is 3. The maximum atomic E-state index is 13.4. The Balaban J connectivity index is 1.40. The average molecular weight is 485 g/mol. The van der Waals surface area contributed by atoms with Crippen LogP contribution in [0.15, 0.2) is 12.3 Å². The molecule has 0 radical (unpaired) electrons. The second-order valence-corrected chi connectivity index (χ2v) is 10.2. The van der Waals surface area contributed by atoms with Gasteiger partial charge in [0, 0.05) is 42.0 Å². The summed E-state index contributed by atoms with van der Waals surface area (Å²) in [4.78, 5) is 20.2. The van der Waals surface area contributed by atoms with E-state index in [1.165, 1.54) is 31.1 Å². The van der Waals surface area contributed by atoms with E-state index in [2.05, 4.69) is 12.2 Å². The molecule has 5 atom stereocenters. The first-order valence-electron chi connectivity index (χ1n) is 12.4. The number of amides is 1. The van der Waals surface area contributed by atoms with Gasteiger partial charge in [0.25, 0.3) is 0 Å². The Kier molecular flexibility index (Phi) is 7.72. The number of ether oxygens (including phenoxy) is 1. The van der Waals surface area contributed by atoms with Crippen LogP contribution >= 0.6 is 0 Å². The molecule has 2 saturated carbocycles. The van der Waals surface area contributed by atoms with Crippen molar-refractivity contribution in [2.24, 2.45) is 17.8 Å². The molecule has 4 rings (SSSR count). The van der Waals surface area contributed by atoms with Crippen molar-refractivity contribution in [2.45, 2.75) is 76.7 Å². The second-order valence-electron chi connectivity index (χ2n) is 10.2. The van der Waals surface area contributed by atoms with Crippen molar-refractivity contribution < 1.29 is 32.3 Å². The Labute approximate surface area is 199 Å². The number of pyridine rings is 1. The van der Waals surface area contributed by atoms with Gasteiger partial charge in [-0.3, -0.25) is 9.63 Å². The first-order valence-corrected chi connectivity index (χ1v) is 12.4. The van der Waals surface area contributed by atoms with Crippen LogP contribution in [0.3, 0.4) is 0 Å². The minimum Gasteiger partial charge on any atom is -0.384 e. The Morgan fingerprint density at radius 1 is 1.24 bits per heavy atom. The highest BCUT2D eigenvalue weighted by Gasteiger charge is 2.41. The Morgan fingerprint density at radius 3 is 2.74 bits per heavy atom.